The Labute approximate surface area is 154 Å². The van der Waals surface area contributed by atoms with Gasteiger partial charge in [-0.2, -0.15) is 0 Å². The van der Waals surface area contributed by atoms with Crippen molar-refractivity contribution in [3.05, 3.63) is 70.8 Å². The highest BCUT2D eigenvalue weighted by Crippen LogP contribution is 2.19. The summed E-state index contributed by atoms with van der Waals surface area (Å²) in [5.41, 5.74) is 5.03. The molecule has 1 unspecified atom stereocenters. The quantitative estimate of drug-likeness (QED) is 0.805. The van der Waals surface area contributed by atoms with Gasteiger partial charge in [0.25, 0.3) is 0 Å². The number of hydrogen-bond donors (Lipinski definition) is 2. The van der Waals surface area contributed by atoms with Crippen molar-refractivity contribution in [1.82, 2.24) is 15.5 Å². The smallest absolute Gasteiger partial charge is 0.325 e. The van der Waals surface area contributed by atoms with Gasteiger partial charge in [0.05, 0.1) is 0 Å². The van der Waals surface area contributed by atoms with Gasteiger partial charge >= 0.3 is 5.97 Å². The van der Waals surface area contributed by atoms with Crippen molar-refractivity contribution < 1.29 is 9.53 Å². The summed E-state index contributed by atoms with van der Waals surface area (Å²) in [6.07, 6.45) is 0. The number of nitrogens with zero attached hydrogens (tertiary/aromatic N) is 1. The number of nitrogens with one attached hydrogen (secondary N) is 2. The molecule has 136 valence electrons. The molecular weight excluding hydrogens is 326 g/mol. The molecule has 0 spiro atoms. The first-order chi connectivity index (χ1) is 12.8. The molecule has 26 heavy (non-hydrogen) atoms. The average Bonchev–Trinajstić information content (AvgIpc) is 3.15. The molecule has 2 aliphatic heterocycles. The number of piperazine rings is 1. The Bertz CT molecular complexity index is 763. The van der Waals surface area contributed by atoms with Crippen molar-refractivity contribution in [2.24, 2.45) is 0 Å². The number of hydrogen-bond acceptors (Lipinski definition) is 5. The van der Waals surface area contributed by atoms with E-state index in [4.69, 9.17) is 4.74 Å². The number of benzene rings is 2. The molecule has 2 N–H and O–H groups in total. The Morgan fingerprint density at radius 2 is 1.88 bits per heavy atom. The predicted octanol–water partition coefficient (Wildman–Crippen LogP) is 1.81. The van der Waals surface area contributed by atoms with E-state index in [2.05, 4.69) is 33.7 Å². The first kappa shape index (κ1) is 17.2. The predicted molar refractivity (Wildman–Crippen MR) is 100 cm³/mol. The maximum absolute atomic E-state index is 12.6. The fourth-order valence-electron chi connectivity index (χ4n) is 3.67. The van der Waals surface area contributed by atoms with E-state index in [9.17, 15) is 4.79 Å². The van der Waals surface area contributed by atoms with Crippen LogP contribution in [-0.2, 0) is 35.8 Å². The molecule has 2 aromatic carbocycles. The fourth-order valence-corrected chi connectivity index (χ4v) is 3.67. The molecule has 1 fully saturated rings. The van der Waals surface area contributed by atoms with Crippen LogP contribution in [0.25, 0.3) is 0 Å². The van der Waals surface area contributed by atoms with Gasteiger partial charge in [0, 0.05) is 39.3 Å². The molecule has 0 radical (unpaired) electrons. The normalized spacial score (nSPS) is 19.9. The Morgan fingerprint density at radius 1 is 1.04 bits per heavy atom. The summed E-state index contributed by atoms with van der Waals surface area (Å²) in [6.45, 7) is 5.38. The fraction of sp³-hybridized carbons (Fsp3) is 0.381. The van der Waals surface area contributed by atoms with Crippen LogP contribution in [0, 0.1) is 0 Å². The highest BCUT2D eigenvalue weighted by molar-refractivity contribution is 5.76. The van der Waals surface area contributed by atoms with Gasteiger partial charge in [0.15, 0.2) is 0 Å². The molecule has 1 saturated heterocycles. The third-order valence-electron chi connectivity index (χ3n) is 5.14. The summed E-state index contributed by atoms with van der Waals surface area (Å²) >= 11 is 0. The zero-order valence-corrected chi connectivity index (χ0v) is 14.9. The summed E-state index contributed by atoms with van der Waals surface area (Å²) in [6, 6.07) is 16.2. The van der Waals surface area contributed by atoms with Crippen LogP contribution in [0.3, 0.4) is 0 Å². The van der Waals surface area contributed by atoms with E-state index in [0.29, 0.717) is 13.2 Å². The highest BCUT2D eigenvalue weighted by atomic mass is 16.5. The second-order valence-electron chi connectivity index (χ2n) is 6.99. The molecule has 5 heteroatoms. The summed E-state index contributed by atoms with van der Waals surface area (Å²) < 4.78 is 5.58. The van der Waals surface area contributed by atoms with E-state index < -0.39 is 0 Å². The summed E-state index contributed by atoms with van der Waals surface area (Å²) in [7, 11) is 0. The average molecular weight is 351 g/mol. The van der Waals surface area contributed by atoms with Crippen molar-refractivity contribution in [2.45, 2.75) is 32.3 Å². The lowest BCUT2D eigenvalue weighted by Gasteiger charge is -2.34. The lowest BCUT2D eigenvalue weighted by atomic mass is 10.0. The summed E-state index contributed by atoms with van der Waals surface area (Å²) in [5.74, 6) is -0.149. The zero-order chi connectivity index (χ0) is 17.8. The van der Waals surface area contributed by atoms with Crippen LogP contribution in [0.5, 0.6) is 0 Å². The van der Waals surface area contributed by atoms with Gasteiger partial charge in [-0.05, 0) is 22.3 Å². The second-order valence-corrected chi connectivity index (χ2v) is 6.99. The zero-order valence-electron chi connectivity index (χ0n) is 14.9. The van der Waals surface area contributed by atoms with Gasteiger partial charge in [-0.15, -0.1) is 0 Å². The van der Waals surface area contributed by atoms with Gasteiger partial charge in [-0.1, -0.05) is 48.5 Å². The van der Waals surface area contributed by atoms with Crippen LogP contribution < -0.4 is 10.6 Å². The number of fused-ring (bicyclic) bond motifs is 1. The topological polar surface area (TPSA) is 53.6 Å². The molecule has 2 aromatic rings. The first-order valence-electron chi connectivity index (χ1n) is 9.26. The summed E-state index contributed by atoms with van der Waals surface area (Å²) in [5, 5.41) is 6.70. The third kappa shape index (κ3) is 3.96. The maximum Gasteiger partial charge on any atom is 0.325 e. The standard InChI is InChI=1S/C21H25N3O2/c25-21(26-15-16-4-2-1-3-5-16)20-13-22-8-9-24(20)14-17-6-7-18-11-23-12-19(18)10-17/h1-7,10,20,22-23H,8-9,11-15H2. The molecule has 0 bridgehead atoms. The van der Waals surface area contributed by atoms with Crippen molar-refractivity contribution in [3.63, 3.8) is 0 Å². The first-order valence-corrected chi connectivity index (χ1v) is 9.26. The lowest BCUT2D eigenvalue weighted by molar-refractivity contribution is -0.152. The van der Waals surface area contributed by atoms with Crippen molar-refractivity contribution in [1.29, 1.82) is 0 Å². The minimum atomic E-state index is -0.237. The second kappa shape index (κ2) is 7.99. The Hall–Kier alpha value is -2.21. The van der Waals surface area contributed by atoms with Crippen LogP contribution in [0.4, 0.5) is 0 Å². The van der Waals surface area contributed by atoms with Crippen molar-refractivity contribution in [3.8, 4) is 0 Å². The van der Waals surface area contributed by atoms with Crippen LogP contribution >= 0.6 is 0 Å². The van der Waals surface area contributed by atoms with Crippen LogP contribution in [0.2, 0.25) is 0 Å². The number of ether oxygens (including phenoxy) is 1. The van der Waals surface area contributed by atoms with E-state index in [-0.39, 0.29) is 12.0 Å². The largest absolute Gasteiger partial charge is 0.460 e. The Balaban J connectivity index is 1.40. The monoisotopic (exact) mass is 351 g/mol. The molecule has 0 aromatic heterocycles. The van der Waals surface area contributed by atoms with E-state index in [1.807, 2.05) is 30.3 Å². The van der Waals surface area contributed by atoms with E-state index in [1.165, 1.54) is 16.7 Å². The van der Waals surface area contributed by atoms with Gasteiger partial charge in [-0.3, -0.25) is 9.69 Å². The van der Waals surface area contributed by atoms with Gasteiger partial charge in [0.2, 0.25) is 0 Å². The molecule has 0 amide bonds. The number of rotatable bonds is 5. The minimum absolute atomic E-state index is 0.149. The van der Waals surface area contributed by atoms with Crippen molar-refractivity contribution in [2.75, 3.05) is 19.6 Å². The van der Waals surface area contributed by atoms with Gasteiger partial charge in [0.1, 0.15) is 12.6 Å². The number of carbonyl (C=O) groups is 1. The molecule has 2 aliphatic rings. The van der Waals surface area contributed by atoms with Crippen molar-refractivity contribution >= 4 is 5.97 Å². The molecule has 0 aliphatic carbocycles. The number of esters is 1. The summed E-state index contributed by atoms with van der Waals surface area (Å²) in [4.78, 5) is 14.9. The van der Waals surface area contributed by atoms with E-state index in [1.54, 1.807) is 0 Å². The van der Waals surface area contributed by atoms with Gasteiger partial charge < -0.3 is 15.4 Å². The van der Waals surface area contributed by atoms with Crippen LogP contribution in [-0.4, -0.2) is 36.5 Å². The van der Waals surface area contributed by atoms with Crippen LogP contribution in [0.1, 0.15) is 22.3 Å². The molecule has 1 atom stereocenters. The third-order valence-corrected chi connectivity index (χ3v) is 5.14. The van der Waals surface area contributed by atoms with Crippen LogP contribution in [0.15, 0.2) is 48.5 Å². The van der Waals surface area contributed by atoms with Gasteiger partial charge in [-0.25, -0.2) is 0 Å². The minimum Gasteiger partial charge on any atom is -0.460 e. The molecular formula is C21H25N3O2. The number of carbonyl (C=O) groups excluding carboxylic acids is 1. The van der Waals surface area contributed by atoms with E-state index in [0.717, 1.165) is 38.3 Å². The molecule has 0 saturated carbocycles. The molecule has 2 heterocycles. The van der Waals surface area contributed by atoms with E-state index >= 15 is 0 Å². The Kier molecular flexibility index (Phi) is 5.29. The maximum atomic E-state index is 12.6. The molecule has 5 nitrogen and oxygen atoms in total. The Morgan fingerprint density at radius 3 is 2.77 bits per heavy atom. The SMILES string of the molecule is O=C(OCc1ccccc1)C1CNCCN1Cc1ccc2c(c1)CNC2. The lowest BCUT2D eigenvalue weighted by Crippen LogP contribution is -2.54. The molecule has 4 rings (SSSR count). The highest BCUT2D eigenvalue weighted by Gasteiger charge is 2.30.